The Morgan fingerprint density at radius 2 is 1.90 bits per heavy atom. The maximum atomic E-state index is 12.5. The number of ketones is 1. The molecule has 0 radical (unpaired) electrons. The fraction of sp³-hybridized carbons (Fsp3) is 0.333. The molecule has 1 aliphatic heterocycles. The molecule has 2 aromatic carbocycles. The van der Waals surface area contributed by atoms with E-state index in [4.69, 9.17) is 17.0 Å². The molecular formula is C24H28N2O2S. The Balaban J connectivity index is 1.85. The molecule has 2 aromatic rings. The highest BCUT2D eigenvalue weighted by Gasteiger charge is 2.31. The molecule has 1 N–H and O–H groups in total. The summed E-state index contributed by atoms with van der Waals surface area (Å²) in [7, 11) is 0. The highest BCUT2D eigenvalue weighted by molar-refractivity contribution is 7.80. The topological polar surface area (TPSA) is 41.6 Å². The van der Waals surface area contributed by atoms with E-state index in [0.717, 1.165) is 41.1 Å². The van der Waals surface area contributed by atoms with E-state index in [9.17, 15) is 4.79 Å². The summed E-state index contributed by atoms with van der Waals surface area (Å²) in [5, 5.41) is 4.02. The van der Waals surface area contributed by atoms with E-state index < -0.39 is 0 Å². The third-order valence-electron chi connectivity index (χ3n) is 5.14. The number of benzene rings is 2. The van der Waals surface area contributed by atoms with Crippen LogP contribution in [-0.2, 0) is 11.4 Å². The molecule has 0 saturated heterocycles. The highest BCUT2D eigenvalue weighted by Crippen LogP contribution is 2.32. The number of carbonyl (C=O) groups excluding carboxylic acids is 1. The summed E-state index contributed by atoms with van der Waals surface area (Å²) in [4.78, 5) is 14.5. The first-order chi connectivity index (χ1) is 13.9. The van der Waals surface area contributed by atoms with Crippen molar-refractivity contribution in [2.45, 2.75) is 46.8 Å². The lowest BCUT2D eigenvalue weighted by Crippen LogP contribution is -2.47. The standard InChI is InChI=1S/C24H28N2O2S/c1-5-13-26-17(3)22(18(4)27)23(25-24(26)29)20-7-6-8-21(14-20)28-15-19-11-9-16(2)10-12-19/h6-12,14,23H,5,13,15H2,1-4H3,(H,25,29). The predicted molar refractivity (Wildman–Crippen MR) is 121 cm³/mol. The van der Waals surface area contributed by atoms with Gasteiger partial charge in [0.1, 0.15) is 12.4 Å². The van der Waals surface area contributed by atoms with Crippen LogP contribution < -0.4 is 10.1 Å². The van der Waals surface area contributed by atoms with E-state index in [1.54, 1.807) is 6.92 Å². The van der Waals surface area contributed by atoms with Crippen molar-refractivity contribution in [2.24, 2.45) is 0 Å². The lowest BCUT2D eigenvalue weighted by atomic mass is 9.92. The summed E-state index contributed by atoms with van der Waals surface area (Å²) in [6.45, 7) is 9.05. The van der Waals surface area contributed by atoms with E-state index >= 15 is 0 Å². The highest BCUT2D eigenvalue weighted by atomic mass is 32.1. The number of aryl methyl sites for hydroxylation is 1. The van der Waals surface area contributed by atoms with Crippen LogP contribution in [0.5, 0.6) is 5.75 Å². The quantitative estimate of drug-likeness (QED) is 0.647. The number of hydrogen-bond donors (Lipinski definition) is 1. The van der Waals surface area contributed by atoms with Crippen molar-refractivity contribution in [1.82, 2.24) is 10.2 Å². The normalized spacial score (nSPS) is 16.6. The van der Waals surface area contributed by atoms with Gasteiger partial charge in [-0.15, -0.1) is 0 Å². The summed E-state index contributed by atoms with van der Waals surface area (Å²) in [5.41, 5.74) is 5.00. The number of rotatable bonds is 7. The number of nitrogens with one attached hydrogen (secondary N) is 1. The molecule has 0 fully saturated rings. The second kappa shape index (κ2) is 9.23. The second-order valence-electron chi connectivity index (χ2n) is 7.44. The van der Waals surface area contributed by atoms with Gasteiger partial charge in [0.25, 0.3) is 0 Å². The number of allylic oxidation sites excluding steroid dienone is 1. The number of nitrogens with zero attached hydrogens (tertiary/aromatic N) is 1. The maximum Gasteiger partial charge on any atom is 0.173 e. The van der Waals surface area contributed by atoms with Gasteiger partial charge in [-0.3, -0.25) is 4.79 Å². The van der Waals surface area contributed by atoms with Gasteiger partial charge in [-0.2, -0.15) is 0 Å². The van der Waals surface area contributed by atoms with Crippen LogP contribution in [-0.4, -0.2) is 22.3 Å². The van der Waals surface area contributed by atoms with Gasteiger partial charge in [-0.05, 0) is 62.7 Å². The predicted octanol–water partition coefficient (Wildman–Crippen LogP) is 5.08. The minimum atomic E-state index is -0.268. The zero-order chi connectivity index (χ0) is 21.0. The van der Waals surface area contributed by atoms with E-state index in [2.05, 4.69) is 43.4 Å². The number of ether oxygens (including phenoxy) is 1. The lowest BCUT2D eigenvalue weighted by Gasteiger charge is -2.37. The molecule has 0 bridgehead atoms. The Morgan fingerprint density at radius 3 is 2.55 bits per heavy atom. The largest absolute Gasteiger partial charge is 0.489 e. The SMILES string of the molecule is CCCN1C(=S)NC(c2cccc(OCc3ccc(C)cc3)c2)C(C(C)=O)=C1C. The first-order valence-electron chi connectivity index (χ1n) is 9.98. The minimum absolute atomic E-state index is 0.0505. The van der Waals surface area contributed by atoms with Crippen molar-refractivity contribution in [3.8, 4) is 5.75 Å². The molecule has 1 aliphatic rings. The smallest absolute Gasteiger partial charge is 0.173 e. The molecule has 0 saturated carbocycles. The maximum absolute atomic E-state index is 12.5. The summed E-state index contributed by atoms with van der Waals surface area (Å²) in [5.74, 6) is 0.821. The zero-order valence-electron chi connectivity index (χ0n) is 17.5. The number of hydrogen-bond acceptors (Lipinski definition) is 3. The van der Waals surface area contributed by atoms with Crippen LogP contribution in [0.2, 0.25) is 0 Å². The van der Waals surface area contributed by atoms with Gasteiger partial charge in [-0.25, -0.2) is 0 Å². The van der Waals surface area contributed by atoms with Crippen molar-refractivity contribution >= 4 is 23.1 Å². The molecule has 1 heterocycles. The first-order valence-corrected chi connectivity index (χ1v) is 10.4. The van der Waals surface area contributed by atoms with Crippen molar-refractivity contribution < 1.29 is 9.53 Å². The zero-order valence-corrected chi connectivity index (χ0v) is 18.3. The molecule has 4 nitrogen and oxygen atoms in total. The first kappa shape index (κ1) is 21.1. The lowest BCUT2D eigenvalue weighted by molar-refractivity contribution is -0.114. The van der Waals surface area contributed by atoms with Gasteiger partial charge in [0.15, 0.2) is 10.9 Å². The third-order valence-corrected chi connectivity index (χ3v) is 5.48. The fourth-order valence-electron chi connectivity index (χ4n) is 3.62. The van der Waals surface area contributed by atoms with E-state index in [0.29, 0.717) is 11.7 Å². The van der Waals surface area contributed by atoms with Crippen LogP contribution in [0.4, 0.5) is 0 Å². The van der Waals surface area contributed by atoms with Gasteiger partial charge in [0.2, 0.25) is 0 Å². The Labute approximate surface area is 178 Å². The molecule has 0 aromatic heterocycles. The molecule has 0 amide bonds. The van der Waals surface area contributed by atoms with E-state index in [1.165, 1.54) is 5.56 Å². The molecule has 1 atom stereocenters. The molecule has 1 unspecified atom stereocenters. The summed E-state index contributed by atoms with van der Waals surface area (Å²) in [6.07, 6.45) is 0.956. The molecule has 152 valence electrons. The molecule has 0 aliphatic carbocycles. The summed E-state index contributed by atoms with van der Waals surface area (Å²) < 4.78 is 6.00. The number of carbonyl (C=O) groups is 1. The molecular weight excluding hydrogens is 380 g/mol. The van der Waals surface area contributed by atoms with Gasteiger partial charge in [-0.1, -0.05) is 48.9 Å². The third kappa shape index (κ3) is 4.85. The van der Waals surface area contributed by atoms with Gasteiger partial charge in [0.05, 0.1) is 6.04 Å². The second-order valence-corrected chi connectivity index (χ2v) is 7.82. The van der Waals surface area contributed by atoms with E-state index in [-0.39, 0.29) is 11.8 Å². The Morgan fingerprint density at radius 1 is 1.17 bits per heavy atom. The van der Waals surface area contributed by atoms with Crippen molar-refractivity contribution in [2.75, 3.05) is 6.54 Å². The van der Waals surface area contributed by atoms with Crippen LogP contribution in [0.3, 0.4) is 0 Å². The summed E-state index contributed by atoms with van der Waals surface area (Å²) >= 11 is 5.58. The number of thiocarbonyl (C=S) groups is 1. The van der Waals surface area contributed by atoms with Crippen LogP contribution in [0, 0.1) is 6.92 Å². The van der Waals surface area contributed by atoms with Gasteiger partial charge in [0, 0.05) is 17.8 Å². The molecule has 0 spiro atoms. The molecule has 3 rings (SSSR count). The van der Waals surface area contributed by atoms with Crippen molar-refractivity contribution in [3.63, 3.8) is 0 Å². The van der Waals surface area contributed by atoms with Gasteiger partial charge >= 0.3 is 0 Å². The molecule has 5 heteroatoms. The summed E-state index contributed by atoms with van der Waals surface area (Å²) in [6, 6.07) is 15.9. The number of Topliss-reactive ketones (excluding diaryl/α,β-unsaturated/α-hetero) is 1. The monoisotopic (exact) mass is 408 g/mol. The van der Waals surface area contributed by atoms with Crippen molar-refractivity contribution in [1.29, 1.82) is 0 Å². The van der Waals surface area contributed by atoms with Crippen LogP contribution in [0.25, 0.3) is 0 Å². The average Bonchev–Trinajstić information content (AvgIpc) is 2.70. The Kier molecular flexibility index (Phi) is 6.70. The Bertz CT molecular complexity index is 934. The minimum Gasteiger partial charge on any atom is -0.489 e. The fourth-order valence-corrected chi connectivity index (χ4v) is 3.96. The molecule has 29 heavy (non-hydrogen) atoms. The average molecular weight is 409 g/mol. The Hall–Kier alpha value is -2.66. The van der Waals surface area contributed by atoms with Crippen molar-refractivity contribution in [3.05, 3.63) is 76.5 Å². The van der Waals surface area contributed by atoms with Crippen LogP contribution >= 0.6 is 12.2 Å². The van der Waals surface area contributed by atoms with E-state index in [1.807, 2.05) is 36.1 Å². The van der Waals surface area contributed by atoms with Gasteiger partial charge < -0.3 is 15.0 Å². The van der Waals surface area contributed by atoms with Crippen LogP contribution in [0.15, 0.2) is 59.8 Å². The van der Waals surface area contributed by atoms with Crippen LogP contribution in [0.1, 0.15) is 49.9 Å².